The Bertz CT molecular complexity index is 838. The molecule has 166 valence electrons. The third-order valence-electron chi connectivity index (χ3n) is 5.23. The Hall–Kier alpha value is -2.90. The molecular weight excluding hydrogens is 392 g/mol. The summed E-state index contributed by atoms with van der Waals surface area (Å²) < 4.78 is 5.43. The van der Waals surface area contributed by atoms with Crippen molar-refractivity contribution in [3.8, 4) is 0 Å². The smallest absolute Gasteiger partial charge is 0.315 e. The summed E-state index contributed by atoms with van der Waals surface area (Å²) in [5, 5.41) is 8.90. The van der Waals surface area contributed by atoms with Crippen LogP contribution < -0.4 is 16.0 Å². The molecule has 7 heteroatoms. The topological polar surface area (TPSA) is 82.7 Å². The van der Waals surface area contributed by atoms with Gasteiger partial charge in [0.25, 0.3) is 5.91 Å². The second-order valence-electron chi connectivity index (χ2n) is 7.66. The van der Waals surface area contributed by atoms with E-state index in [2.05, 4.69) is 20.9 Å². The van der Waals surface area contributed by atoms with Crippen molar-refractivity contribution in [3.05, 3.63) is 71.3 Å². The van der Waals surface area contributed by atoms with Gasteiger partial charge in [-0.2, -0.15) is 0 Å². The van der Waals surface area contributed by atoms with Crippen molar-refractivity contribution in [2.24, 2.45) is 0 Å². The summed E-state index contributed by atoms with van der Waals surface area (Å²) in [6, 6.07) is 17.0. The fourth-order valence-electron chi connectivity index (χ4n) is 3.52. The van der Waals surface area contributed by atoms with Crippen LogP contribution in [-0.4, -0.2) is 56.2 Å². The second kappa shape index (κ2) is 12.1. The highest BCUT2D eigenvalue weighted by atomic mass is 16.5. The van der Waals surface area contributed by atoms with Crippen LogP contribution in [0, 0.1) is 0 Å². The zero-order valence-electron chi connectivity index (χ0n) is 18.1. The molecule has 1 aliphatic heterocycles. The molecule has 0 saturated carbocycles. The van der Waals surface area contributed by atoms with Crippen molar-refractivity contribution >= 4 is 11.9 Å². The summed E-state index contributed by atoms with van der Waals surface area (Å²) in [7, 11) is 0. The lowest BCUT2D eigenvalue weighted by atomic mass is 10.1. The van der Waals surface area contributed by atoms with Gasteiger partial charge in [0.15, 0.2) is 0 Å². The average Bonchev–Trinajstić information content (AvgIpc) is 2.82. The van der Waals surface area contributed by atoms with Crippen LogP contribution in [0.25, 0.3) is 0 Å². The van der Waals surface area contributed by atoms with E-state index in [1.165, 1.54) is 0 Å². The molecule has 0 aromatic heterocycles. The van der Waals surface area contributed by atoms with Gasteiger partial charge in [-0.1, -0.05) is 49.4 Å². The highest BCUT2D eigenvalue weighted by Crippen LogP contribution is 2.15. The van der Waals surface area contributed by atoms with Gasteiger partial charge in [-0.05, 0) is 29.7 Å². The summed E-state index contributed by atoms with van der Waals surface area (Å²) in [6.45, 7) is 6.90. The van der Waals surface area contributed by atoms with Gasteiger partial charge in [-0.25, -0.2) is 4.79 Å². The molecule has 2 aromatic carbocycles. The lowest BCUT2D eigenvalue weighted by molar-refractivity contribution is 0.0339. The lowest BCUT2D eigenvalue weighted by Gasteiger charge is -2.31. The SMILES string of the molecule is CCCNC(=O)c1cccc(CNC(=O)NC(CN2CCOCC2)c2ccccc2)c1. The molecule has 0 bridgehead atoms. The molecule has 31 heavy (non-hydrogen) atoms. The Balaban J connectivity index is 1.57. The molecule has 0 aliphatic carbocycles. The van der Waals surface area contributed by atoms with E-state index in [1.807, 2.05) is 55.5 Å². The highest BCUT2D eigenvalue weighted by Gasteiger charge is 2.20. The molecule has 0 radical (unpaired) electrons. The van der Waals surface area contributed by atoms with Gasteiger partial charge in [-0.3, -0.25) is 9.69 Å². The lowest BCUT2D eigenvalue weighted by Crippen LogP contribution is -2.45. The minimum Gasteiger partial charge on any atom is -0.379 e. The maximum atomic E-state index is 12.7. The number of carbonyl (C=O) groups excluding carboxylic acids is 2. The molecule has 3 amide bonds. The predicted molar refractivity (Wildman–Crippen MR) is 121 cm³/mol. The van der Waals surface area contributed by atoms with Crippen LogP contribution in [0.15, 0.2) is 54.6 Å². The Morgan fingerprint density at radius 1 is 1.03 bits per heavy atom. The molecule has 1 heterocycles. The van der Waals surface area contributed by atoms with Crippen molar-refractivity contribution in [2.75, 3.05) is 39.4 Å². The van der Waals surface area contributed by atoms with Gasteiger partial charge in [0.2, 0.25) is 0 Å². The third-order valence-corrected chi connectivity index (χ3v) is 5.23. The van der Waals surface area contributed by atoms with E-state index in [0.29, 0.717) is 18.7 Å². The number of benzene rings is 2. The first-order valence-corrected chi connectivity index (χ1v) is 10.9. The summed E-state index contributed by atoms with van der Waals surface area (Å²) in [4.78, 5) is 27.1. The normalized spacial score (nSPS) is 15.1. The van der Waals surface area contributed by atoms with Crippen molar-refractivity contribution in [3.63, 3.8) is 0 Å². The first-order valence-electron chi connectivity index (χ1n) is 10.9. The molecule has 2 aromatic rings. The van der Waals surface area contributed by atoms with Gasteiger partial charge in [0, 0.05) is 38.3 Å². The molecule has 7 nitrogen and oxygen atoms in total. The zero-order chi connectivity index (χ0) is 21.9. The molecule has 1 aliphatic rings. The van der Waals surface area contributed by atoms with Crippen LogP contribution in [-0.2, 0) is 11.3 Å². The Morgan fingerprint density at radius 2 is 1.81 bits per heavy atom. The first-order chi connectivity index (χ1) is 15.2. The van der Waals surface area contributed by atoms with Gasteiger partial charge in [-0.15, -0.1) is 0 Å². The van der Waals surface area contributed by atoms with Gasteiger partial charge < -0.3 is 20.7 Å². The van der Waals surface area contributed by atoms with Crippen LogP contribution in [0.2, 0.25) is 0 Å². The number of hydrogen-bond donors (Lipinski definition) is 3. The predicted octanol–water partition coefficient (Wildman–Crippen LogP) is 2.70. The van der Waals surface area contributed by atoms with Crippen molar-refractivity contribution in [1.82, 2.24) is 20.9 Å². The average molecular weight is 425 g/mol. The highest BCUT2D eigenvalue weighted by molar-refractivity contribution is 5.94. The number of rotatable bonds is 9. The summed E-state index contributed by atoms with van der Waals surface area (Å²) in [6.07, 6.45) is 0.889. The van der Waals surface area contributed by atoms with E-state index in [9.17, 15) is 9.59 Å². The number of nitrogens with one attached hydrogen (secondary N) is 3. The molecule has 1 fully saturated rings. The van der Waals surface area contributed by atoms with Gasteiger partial charge >= 0.3 is 6.03 Å². The summed E-state index contributed by atoms with van der Waals surface area (Å²) >= 11 is 0. The molecule has 1 saturated heterocycles. The largest absolute Gasteiger partial charge is 0.379 e. The van der Waals surface area contributed by atoms with E-state index in [-0.39, 0.29) is 18.0 Å². The van der Waals surface area contributed by atoms with E-state index in [4.69, 9.17) is 4.74 Å². The van der Waals surface area contributed by atoms with Gasteiger partial charge in [0.1, 0.15) is 0 Å². The molecule has 0 spiro atoms. The molecular formula is C24H32N4O3. The van der Waals surface area contributed by atoms with Crippen LogP contribution in [0.4, 0.5) is 4.79 Å². The number of ether oxygens (including phenoxy) is 1. The van der Waals surface area contributed by atoms with Crippen molar-refractivity contribution in [2.45, 2.75) is 25.9 Å². The summed E-state index contributed by atoms with van der Waals surface area (Å²) in [5.74, 6) is -0.0946. The van der Waals surface area contributed by atoms with Crippen LogP contribution in [0.3, 0.4) is 0 Å². The molecule has 1 unspecified atom stereocenters. The van der Waals surface area contributed by atoms with Crippen LogP contribution in [0.1, 0.15) is 40.9 Å². The van der Waals surface area contributed by atoms with E-state index in [0.717, 1.165) is 50.4 Å². The second-order valence-corrected chi connectivity index (χ2v) is 7.66. The monoisotopic (exact) mass is 424 g/mol. The molecule has 1 atom stereocenters. The number of amides is 3. The summed E-state index contributed by atoms with van der Waals surface area (Å²) in [5.41, 5.74) is 2.55. The Kier molecular flexibility index (Phi) is 8.87. The van der Waals surface area contributed by atoms with Crippen molar-refractivity contribution < 1.29 is 14.3 Å². The minimum atomic E-state index is -0.233. The maximum absolute atomic E-state index is 12.7. The standard InChI is InChI=1S/C24H32N4O3/c1-2-11-25-23(29)21-10-6-7-19(16-21)17-26-24(30)27-22(20-8-4-3-5-9-20)18-28-12-14-31-15-13-28/h3-10,16,22H,2,11-15,17-18H2,1H3,(H,25,29)(H2,26,27,30). The van der Waals surface area contributed by atoms with E-state index in [1.54, 1.807) is 6.07 Å². The van der Waals surface area contributed by atoms with E-state index >= 15 is 0 Å². The molecule has 3 rings (SSSR count). The fourth-order valence-corrected chi connectivity index (χ4v) is 3.52. The maximum Gasteiger partial charge on any atom is 0.315 e. The number of hydrogen-bond acceptors (Lipinski definition) is 4. The molecule has 3 N–H and O–H groups in total. The van der Waals surface area contributed by atoms with Crippen LogP contribution >= 0.6 is 0 Å². The number of morpholine rings is 1. The van der Waals surface area contributed by atoms with Crippen LogP contribution in [0.5, 0.6) is 0 Å². The Labute approximate surface area is 184 Å². The Morgan fingerprint density at radius 3 is 2.55 bits per heavy atom. The first kappa shape index (κ1) is 22.8. The third kappa shape index (κ3) is 7.38. The van der Waals surface area contributed by atoms with Crippen molar-refractivity contribution in [1.29, 1.82) is 0 Å². The quantitative estimate of drug-likeness (QED) is 0.578. The number of urea groups is 1. The van der Waals surface area contributed by atoms with E-state index < -0.39 is 0 Å². The number of carbonyl (C=O) groups is 2. The fraction of sp³-hybridized carbons (Fsp3) is 0.417. The zero-order valence-corrected chi connectivity index (χ0v) is 18.1. The van der Waals surface area contributed by atoms with Gasteiger partial charge in [0.05, 0.1) is 19.3 Å². The number of nitrogens with zero attached hydrogens (tertiary/aromatic N) is 1. The minimum absolute atomic E-state index is 0.0946.